The minimum atomic E-state index is -0.270. The first kappa shape index (κ1) is 17.8. The van der Waals surface area contributed by atoms with E-state index in [1.807, 2.05) is 61.3 Å². The molecule has 0 aliphatic heterocycles. The van der Waals surface area contributed by atoms with Gasteiger partial charge in [0.25, 0.3) is 0 Å². The summed E-state index contributed by atoms with van der Waals surface area (Å²) >= 11 is 12.2. The highest BCUT2D eigenvalue weighted by Crippen LogP contribution is 2.26. The molecule has 0 radical (unpaired) electrons. The van der Waals surface area contributed by atoms with E-state index in [9.17, 15) is 4.79 Å². The maximum Gasteiger partial charge on any atom is 0.237 e. The molecule has 0 fully saturated rings. The van der Waals surface area contributed by atoms with Crippen LogP contribution in [0.4, 0.5) is 0 Å². The third-order valence-corrected chi connectivity index (χ3v) is 4.66. The van der Waals surface area contributed by atoms with E-state index < -0.39 is 0 Å². The van der Waals surface area contributed by atoms with E-state index in [2.05, 4.69) is 5.32 Å². The van der Waals surface area contributed by atoms with Crippen LogP contribution in [-0.2, 0) is 17.9 Å². The van der Waals surface area contributed by atoms with Crippen molar-refractivity contribution in [2.24, 2.45) is 0 Å². The van der Waals surface area contributed by atoms with E-state index in [4.69, 9.17) is 23.2 Å². The molecule has 2 aromatic carbocycles. The maximum atomic E-state index is 12.3. The molecular formula is C18H20Cl2N2O. The summed E-state index contributed by atoms with van der Waals surface area (Å²) in [5, 5.41) is 4.02. The minimum absolute atomic E-state index is 0.0190. The smallest absolute Gasteiger partial charge is 0.237 e. The fourth-order valence-corrected chi connectivity index (χ4v) is 2.59. The van der Waals surface area contributed by atoms with Crippen molar-refractivity contribution in [3.63, 3.8) is 0 Å². The third kappa shape index (κ3) is 4.96. The average molecular weight is 351 g/mol. The Labute approximate surface area is 147 Å². The Bertz CT molecular complexity index is 661. The second-order valence-electron chi connectivity index (χ2n) is 5.51. The Kier molecular flexibility index (Phi) is 6.46. The summed E-state index contributed by atoms with van der Waals surface area (Å²) in [5.74, 6) is -0.0190. The lowest BCUT2D eigenvalue weighted by atomic mass is 10.1. The first-order valence-electron chi connectivity index (χ1n) is 7.44. The molecule has 0 aromatic heterocycles. The lowest BCUT2D eigenvalue weighted by molar-refractivity contribution is -0.125. The normalized spacial score (nSPS) is 12.2. The van der Waals surface area contributed by atoms with Crippen LogP contribution in [0.2, 0.25) is 10.0 Å². The molecule has 0 unspecified atom stereocenters. The predicted molar refractivity (Wildman–Crippen MR) is 95.7 cm³/mol. The fraction of sp³-hybridized carbons (Fsp3) is 0.278. The number of hydrogen-bond acceptors (Lipinski definition) is 2. The SMILES string of the molecule is C[C@H](C(=O)NCc1ccccc1)N(C)Cc1cccc(Cl)c1Cl. The molecule has 5 heteroatoms. The molecular weight excluding hydrogens is 331 g/mol. The number of carbonyl (C=O) groups is 1. The van der Waals surface area contributed by atoms with Gasteiger partial charge in [0, 0.05) is 13.1 Å². The number of hydrogen-bond donors (Lipinski definition) is 1. The number of benzene rings is 2. The zero-order valence-electron chi connectivity index (χ0n) is 13.2. The van der Waals surface area contributed by atoms with Gasteiger partial charge in [-0.25, -0.2) is 0 Å². The monoisotopic (exact) mass is 350 g/mol. The second kappa shape index (κ2) is 8.34. The van der Waals surface area contributed by atoms with Gasteiger partial charge in [-0.2, -0.15) is 0 Å². The first-order chi connectivity index (χ1) is 11.0. The lowest BCUT2D eigenvalue weighted by Crippen LogP contribution is -2.42. The van der Waals surface area contributed by atoms with E-state index in [0.29, 0.717) is 23.1 Å². The summed E-state index contributed by atoms with van der Waals surface area (Å²) in [6.07, 6.45) is 0. The Morgan fingerprint density at radius 2 is 1.83 bits per heavy atom. The standard InChI is InChI=1S/C18H20Cl2N2O/c1-13(18(23)21-11-14-7-4-3-5-8-14)22(2)12-15-9-6-10-16(19)17(15)20/h3-10,13H,11-12H2,1-2H3,(H,21,23)/t13-/m1/s1. The quantitative estimate of drug-likeness (QED) is 0.849. The molecule has 0 saturated heterocycles. The molecule has 2 rings (SSSR count). The van der Waals surface area contributed by atoms with Crippen LogP contribution in [-0.4, -0.2) is 23.9 Å². The highest BCUT2D eigenvalue weighted by Gasteiger charge is 2.19. The summed E-state index contributed by atoms with van der Waals surface area (Å²) in [7, 11) is 1.89. The number of nitrogens with zero attached hydrogens (tertiary/aromatic N) is 1. The molecule has 1 N–H and O–H groups in total. The largest absolute Gasteiger partial charge is 0.351 e. The summed E-state index contributed by atoms with van der Waals surface area (Å²) < 4.78 is 0. The van der Waals surface area contributed by atoms with E-state index >= 15 is 0 Å². The van der Waals surface area contributed by atoms with Crippen molar-refractivity contribution in [3.8, 4) is 0 Å². The van der Waals surface area contributed by atoms with E-state index in [1.54, 1.807) is 6.07 Å². The van der Waals surface area contributed by atoms with Crippen LogP contribution in [0.5, 0.6) is 0 Å². The van der Waals surface area contributed by atoms with Crippen molar-refractivity contribution in [2.75, 3.05) is 7.05 Å². The maximum absolute atomic E-state index is 12.3. The molecule has 0 bridgehead atoms. The molecule has 1 atom stereocenters. The number of amides is 1. The van der Waals surface area contributed by atoms with Crippen molar-refractivity contribution in [3.05, 3.63) is 69.7 Å². The summed E-state index contributed by atoms with van der Waals surface area (Å²) in [4.78, 5) is 14.2. The topological polar surface area (TPSA) is 32.3 Å². The van der Waals surface area contributed by atoms with Gasteiger partial charge in [0.05, 0.1) is 16.1 Å². The van der Waals surface area contributed by atoms with Gasteiger partial charge in [-0.3, -0.25) is 9.69 Å². The van der Waals surface area contributed by atoms with E-state index in [-0.39, 0.29) is 11.9 Å². The van der Waals surface area contributed by atoms with Gasteiger partial charge >= 0.3 is 0 Å². The van der Waals surface area contributed by atoms with Crippen molar-refractivity contribution in [2.45, 2.75) is 26.1 Å². The summed E-state index contributed by atoms with van der Waals surface area (Å²) in [6, 6.07) is 15.1. The molecule has 0 aliphatic rings. The van der Waals surface area contributed by atoms with Gasteiger partial charge in [-0.15, -0.1) is 0 Å². The number of rotatable bonds is 6. The molecule has 0 saturated carbocycles. The Balaban J connectivity index is 1.92. The number of nitrogens with one attached hydrogen (secondary N) is 1. The average Bonchev–Trinajstić information content (AvgIpc) is 2.57. The molecule has 1 amide bonds. The van der Waals surface area contributed by atoms with Gasteiger partial charge in [-0.1, -0.05) is 65.7 Å². The van der Waals surface area contributed by atoms with Gasteiger partial charge in [-0.05, 0) is 31.2 Å². The molecule has 0 aliphatic carbocycles. The first-order valence-corrected chi connectivity index (χ1v) is 8.19. The summed E-state index contributed by atoms with van der Waals surface area (Å²) in [5.41, 5.74) is 1.98. The Morgan fingerprint density at radius 3 is 2.52 bits per heavy atom. The van der Waals surface area contributed by atoms with Crippen molar-refractivity contribution < 1.29 is 4.79 Å². The van der Waals surface area contributed by atoms with Crippen LogP contribution in [0, 0.1) is 0 Å². The molecule has 2 aromatic rings. The van der Waals surface area contributed by atoms with E-state index in [1.165, 1.54) is 0 Å². The zero-order valence-corrected chi connectivity index (χ0v) is 14.7. The van der Waals surface area contributed by atoms with Crippen LogP contribution < -0.4 is 5.32 Å². The Hall–Kier alpha value is -1.55. The van der Waals surface area contributed by atoms with Crippen molar-refractivity contribution >= 4 is 29.1 Å². The second-order valence-corrected chi connectivity index (χ2v) is 6.29. The predicted octanol–water partition coefficient (Wildman–Crippen LogP) is 4.13. The van der Waals surface area contributed by atoms with Crippen LogP contribution >= 0.6 is 23.2 Å². The Morgan fingerprint density at radius 1 is 1.13 bits per heavy atom. The third-order valence-electron chi connectivity index (χ3n) is 3.80. The van der Waals surface area contributed by atoms with Crippen LogP contribution in [0.25, 0.3) is 0 Å². The lowest BCUT2D eigenvalue weighted by Gasteiger charge is -2.24. The summed E-state index contributed by atoms with van der Waals surface area (Å²) in [6.45, 7) is 2.95. The molecule has 0 spiro atoms. The van der Waals surface area contributed by atoms with Crippen molar-refractivity contribution in [1.29, 1.82) is 0 Å². The van der Waals surface area contributed by atoms with Gasteiger partial charge in [0.1, 0.15) is 0 Å². The number of likely N-dealkylation sites (N-methyl/N-ethyl adjacent to an activating group) is 1. The van der Waals surface area contributed by atoms with E-state index in [0.717, 1.165) is 11.1 Å². The van der Waals surface area contributed by atoms with Gasteiger partial charge in [0.2, 0.25) is 5.91 Å². The highest BCUT2D eigenvalue weighted by molar-refractivity contribution is 6.42. The van der Waals surface area contributed by atoms with Crippen LogP contribution in [0.15, 0.2) is 48.5 Å². The van der Waals surface area contributed by atoms with Gasteiger partial charge in [0.15, 0.2) is 0 Å². The fourth-order valence-electron chi connectivity index (χ4n) is 2.21. The van der Waals surface area contributed by atoms with Crippen molar-refractivity contribution in [1.82, 2.24) is 10.2 Å². The molecule has 122 valence electrons. The highest BCUT2D eigenvalue weighted by atomic mass is 35.5. The minimum Gasteiger partial charge on any atom is -0.351 e. The molecule has 0 heterocycles. The zero-order chi connectivity index (χ0) is 16.8. The molecule has 23 heavy (non-hydrogen) atoms. The van der Waals surface area contributed by atoms with Crippen LogP contribution in [0.1, 0.15) is 18.1 Å². The number of halogens is 2. The van der Waals surface area contributed by atoms with Gasteiger partial charge < -0.3 is 5.32 Å². The molecule has 3 nitrogen and oxygen atoms in total. The number of carbonyl (C=O) groups excluding carboxylic acids is 1. The van der Waals surface area contributed by atoms with Crippen LogP contribution in [0.3, 0.4) is 0 Å².